The van der Waals surface area contributed by atoms with Crippen LogP contribution in [0.15, 0.2) is 0 Å². The number of rotatable bonds is 1. The van der Waals surface area contributed by atoms with Gasteiger partial charge in [-0.05, 0) is 6.92 Å². The number of aliphatic hydroxyl groups excluding tert-OH is 1. The van der Waals surface area contributed by atoms with E-state index in [0.29, 0.717) is 0 Å². The Balaban J connectivity index is 3.38. The molecule has 0 rings (SSSR count). The van der Waals surface area contributed by atoms with Gasteiger partial charge < -0.3 is 15.6 Å². The average molecular weight is 142 g/mol. The van der Waals surface area contributed by atoms with Crippen LogP contribution in [0.4, 0.5) is 0 Å². The topological polar surface area (TPSA) is 79.3 Å². The van der Waals surface area contributed by atoms with Crippen LogP contribution in [0.25, 0.3) is 0 Å². The smallest absolute Gasteiger partial charge is 0.279 e. The largest absolute Gasteiger partial charge is 0.452 e. The van der Waals surface area contributed by atoms with Crippen LogP contribution < -0.4 is 5.73 Å². The van der Waals surface area contributed by atoms with Gasteiger partial charge in [-0.25, -0.2) is 0 Å². The average Bonchev–Trinajstić information content (AvgIpc) is 1.79. The van der Waals surface area contributed by atoms with Gasteiger partial charge in [0, 0.05) is 0 Å². The number of amidine groups is 1. The van der Waals surface area contributed by atoms with Gasteiger partial charge in [-0.2, -0.15) is 0 Å². The van der Waals surface area contributed by atoms with Gasteiger partial charge in [0.05, 0.1) is 0 Å². The van der Waals surface area contributed by atoms with Crippen molar-refractivity contribution in [2.75, 3.05) is 6.61 Å². The molecular weight excluding hydrogens is 132 g/mol. The third-order valence-electron chi connectivity index (χ3n) is 0.611. The molecule has 0 fully saturated rings. The fraction of sp³-hybridized carbons (Fsp3) is 0.500. The van der Waals surface area contributed by atoms with Crippen molar-refractivity contribution < 1.29 is 9.84 Å². The zero-order valence-corrected chi connectivity index (χ0v) is 5.72. The zero-order chi connectivity index (χ0) is 7.98. The van der Waals surface area contributed by atoms with Gasteiger partial charge in [-0.1, -0.05) is 11.8 Å². The quantitative estimate of drug-likeness (QED) is 0.257. The van der Waals surface area contributed by atoms with Gasteiger partial charge >= 0.3 is 0 Å². The molecule has 0 saturated heterocycles. The summed E-state index contributed by atoms with van der Waals surface area (Å²) >= 11 is 0. The molecule has 1 atom stereocenters. The molecule has 0 aromatic rings. The van der Waals surface area contributed by atoms with E-state index in [0.717, 1.165) is 0 Å². The van der Waals surface area contributed by atoms with Crippen molar-refractivity contribution in [3.63, 3.8) is 0 Å². The molecule has 0 aromatic heterocycles. The summed E-state index contributed by atoms with van der Waals surface area (Å²) in [6.07, 6.45) is -0.657. The molecule has 0 amide bonds. The Morgan fingerprint density at radius 1 is 1.90 bits per heavy atom. The number of nitrogens with two attached hydrogens (primary N) is 1. The summed E-state index contributed by atoms with van der Waals surface area (Å²) in [5.74, 6) is 4.90. The molecule has 0 aliphatic rings. The number of hydrogen-bond acceptors (Lipinski definition) is 3. The Morgan fingerprint density at radius 2 is 2.50 bits per heavy atom. The maximum Gasteiger partial charge on any atom is 0.279 e. The molecule has 0 heterocycles. The van der Waals surface area contributed by atoms with Crippen molar-refractivity contribution in [2.45, 2.75) is 13.0 Å². The van der Waals surface area contributed by atoms with Gasteiger partial charge in [-0.3, -0.25) is 5.41 Å². The van der Waals surface area contributed by atoms with Gasteiger partial charge in [0.1, 0.15) is 6.10 Å². The van der Waals surface area contributed by atoms with Crippen LogP contribution >= 0.6 is 0 Å². The maximum atomic E-state index is 8.60. The molecule has 4 nitrogen and oxygen atoms in total. The van der Waals surface area contributed by atoms with Crippen molar-refractivity contribution in [3.05, 3.63) is 0 Å². The maximum absolute atomic E-state index is 8.60. The van der Waals surface area contributed by atoms with E-state index in [1.54, 1.807) is 6.92 Å². The first kappa shape index (κ1) is 8.79. The number of aliphatic hydroxyl groups is 1. The highest BCUT2D eigenvalue weighted by Gasteiger charge is 1.84. The molecule has 56 valence electrons. The van der Waals surface area contributed by atoms with Gasteiger partial charge in [0.2, 0.25) is 0 Å². The van der Waals surface area contributed by atoms with E-state index in [-0.39, 0.29) is 12.6 Å². The number of hydrogen-bond donors (Lipinski definition) is 3. The zero-order valence-electron chi connectivity index (χ0n) is 5.72. The predicted molar refractivity (Wildman–Crippen MR) is 37.3 cm³/mol. The minimum Gasteiger partial charge on any atom is -0.452 e. The first-order chi connectivity index (χ1) is 4.63. The van der Waals surface area contributed by atoms with Gasteiger partial charge in [0.15, 0.2) is 6.61 Å². The van der Waals surface area contributed by atoms with Crippen LogP contribution in [0, 0.1) is 17.3 Å². The molecule has 0 aliphatic heterocycles. The Bertz CT molecular complexity index is 166. The molecule has 10 heavy (non-hydrogen) atoms. The fourth-order valence-corrected chi connectivity index (χ4v) is 0.303. The van der Waals surface area contributed by atoms with E-state index in [1.165, 1.54) is 0 Å². The van der Waals surface area contributed by atoms with Crippen LogP contribution in [0.3, 0.4) is 0 Å². The minimum absolute atomic E-state index is 0.0558. The van der Waals surface area contributed by atoms with Gasteiger partial charge in [0.25, 0.3) is 6.02 Å². The highest BCUT2D eigenvalue weighted by Crippen LogP contribution is 1.73. The molecule has 0 aliphatic carbocycles. The van der Waals surface area contributed by atoms with Crippen molar-refractivity contribution >= 4 is 6.02 Å². The third-order valence-corrected chi connectivity index (χ3v) is 0.611. The summed E-state index contributed by atoms with van der Waals surface area (Å²) < 4.78 is 4.47. The molecule has 4 heteroatoms. The van der Waals surface area contributed by atoms with Gasteiger partial charge in [-0.15, -0.1) is 0 Å². The Morgan fingerprint density at radius 3 is 2.90 bits per heavy atom. The lowest BCUT2D eigenvalue weighted by molar-refractivity contribution is 0.252. The molecule has 0 aromatic carbocycles. The summed E-state index contributed by atoms with van der Waals surface area (Å²) in [6, 6.07) is -0.361. The molecule has 0 saturated carbocycles. The van der Waals surface area contributed by atoms with E-state index < -0.39 is 6.10 Å². The van der Waals surface area contributed by atoms with E-state index >= 15 is 0 Å². The predicted octanol–water partition coefficient (Wildman–Crippen LogP) is -0.719. The van der Waals surface area contributed by atoms with Crippen LogP contribution in [0.5, 0.6) is 0 Å². The Hall–Kier alpha value is -1.21. The molecule has 4 N–H and O–H groups in total. The lowest BCUT2D eigenvalue weighted by Crippen LogP contribution is -2.14. The fourth-order valence-electron chi connectivity index (χ4n) is 0.303. The Labute approximate surface area is 59.5 Å². The molecule has 0 bridgehead atoms. The lowest BCUT2D eigenvalue weighted by atomic mass is 10.4. The summed E-state index contributed by atoms with van der Waals surface area (Å²) in [6.45, 7) is 1.60. The molecule has 0 radical (unpaired) electrons. The van der Waals surface area contributed by atoms with E-state index in [2.05, 4.69) is 16.6 Å². The standard InChI is InChI=1S/C6H10N2O2/c1-5(9)3-2-4-10-6(7)8/h5,9H,4H2,1H3,(H3,7,8). The summed E-state index contributed by atoms with van der Waals surface area (Å²) in [7, 11) is 0. The third kappa shape index (κ3) is 6.79. The molecular formula is C6H10N2O2. The SMILES string of the molecule is CC(O)C#CCOC(=N)N. The Kier molecular flexibility index (Phi) is 4.09. The van der Waals surface area contributed by atoms with E-state index in [9.17, 15) is 0 Å². The van der Waals surface area contributed by atoms with Crippen LogP contribution in [0.2, 0.25) is 0 Å². The van der Waals surface area contributed by atoms with E-state index in [4.69, 9.17) is 16.2 Å². The summed E-state index contributed by atoms with van der Waals surface area (Å²) in [5, 5.41) is 15.2. The number of nitrogens with one attached hydrogen (secondary N) is 1. The summed E-state index contributed by atoms with van der Waals surface area (Å²) in [4.78, 5) is 0. The minimum atomic E-state index is -0.657. The highest BCUT2D eigenvalue weighted by atomic mass is 16.5. The van der Waals surface area contributed by atoms with E-state index in [1.807, 2.05) is 0 Å². The molecule has 0 spiro atoms. The van der Waals surface area contributed by atoms with Crippen molar-refractivity contribution in [3.8, 4) is 11.8 Å². The monoisotopic (exact) mass is 142 g/mol. The van der Waals surface area contributed by atoms with Crippen molar-refractivity contribution in [2.24, 2.45) is 5.73 Å². The second-order valence-corrected chi connectivity index (χ2v) is 1.65. The van der Waals surface area contributed by atoms with Crippen molar-refractivity contribution in [1.29, 1.82) is 5.41 Å². The highest BCUT2D eigenvalue weighted by molar-refractivity contribution is 5.67. The first-order valence-electron chi connectivity index (χ1n) is 2.76. The lowest BCUT2D eigenvalue weighted by Gasteiger charge is -1.94. The second-order valence-electron chi connectivity index (χ2n) is 1.65. The van der Waals surface area contributed by atoms with Crippen LogP contribution in [-0.4, -0.2) is 23.8 Å². The second kappa shape index (κ2) is 4.65. The molecule has 1 unspecified atom stereocenters. The normalized spacial score (nSPS) is 11.0. The van der Waals surface area contributed by atoms with Crippen LogP contribution in [-0.2, 0) is 4.74 Å². The first-order valence-corrected chi connectivity index (χ1v) is 2.76. The number of ether oxygens (including phenoxy) is 1. The van der Waals surface area contributed by atoms with Crippen molar-refractivity contribution in [1.82, 2.24) is 0 Å². The van der Waals surface area contributed by atoms with Crippen LogP contribution in [0.1, 0.15) is 6.92 Å². The summed E-state index contributed by atoms with van der Waals surface area (Å²) in [5.41, 5.74) is 4.84.